The lowest BCUT2D eigenvalue weighted by atomic mass is 10.0. The molecule has 0 fully saturated rings. The number of carbonyl (C=O) groups is 1. The molecule has 1 aromatic heterocycles. The number of benzene rings is 3. The van der Waals surface area contributed by atoms with Gasteiger partial charge in [0.1, 0.15) is 12.3 Å². The first-order valence-electron chi connectivity index (χ1n) is 8.96. The van der Waals surface area contributed by atoms with E-state index in [9.17, 15) is 4.79 Å². The van der Waals surface area contributed by atoms with Crippen LogP contribution in [0.5, 0.6) is 5.75 Å². The van der Waals surface area contributed by atoms with Crippen molar-refractivity contribution < 1.29 is 14.1 Å². The van der Waals surface area contributed by atoms with Gasteiger partial charge in [0.2, 0.25) is 11.7 Å². The van der Waals surface area contributed by atoms with Gasteiger partial charge in [-0.2, -0.15) is 4.98 Å². The summed E-state index contributed by atoms with van der Waals surface area (Å²) in [4.78, 5) is 18.9. The number of amides is 1. The fraction of sp³-hybridized carbons (Fsp3) is 0.136. The number of hydrogen-bond acceptors (Lipinski definition) is 5. The first-order chi connectivity index (χ1) is 14.1. The fourth-order valence-electron chi connectivity index (χ4n) is 3.11. The van der Waals surface area contributed by atoms with Crippen LogP contribution in [0.1, 0.15) is 16.2 Å². The number of aromatic nitrogens is 2. The van der Waals surface area contributed by atoms with Crippen LogP contribution in [-0.4, -0.2) is 35.1 Å². The fourth-order valence-corrected chi connectivity index (χ4v) is 3.33. The average molecular weight is 408 g/mol. The van der Waals surface area contributed by atoms with E-state index in [0.717, 1.165) is 10.8 Å². The zero-order valence-corrected chi connectivity index (χ0v) is 16.7. The molecule has 146 valence electrons. The van der Waals surface area contributed by atoms with Gasteiger partial charge in [-0.25, -0.2) is 0 Å². The van der Waals surface area contributed by atoms with Crippen molar-refractivity contribution in [2.45, 2.75) is 6.54 Å². The second-order valence-electron chi connectivity index (χ2n) is 6.55. The molecule has 0 aliphatic rings. The molecule has 4 aromatic rings. The van der Waals surface area contributed by atoms with E-state index in [0.29, 0.717) is 33.6 Å². The zero-order valence-electron chi connectivity index (χ0n) is 15.9. The molecule has 7 heteroatoms. The van der Waals surface area contributed by atoms with Gasteiger partial charge in [-0.3, -0.25) is 4.79 Å². The van der Waals surface area contributed by atoms with Crippen LogP contribution in [-0.2, 0) is 6.54 Å². The highest BCUT2D eigenvalue weighted by Crippen LogP contribution is 2.28. The highest BCUT2D eigenvalue weighted by molar-refractivity contribution is 6.33. The van der Waals surface area contributed by atoms with Crippen LogP contribution in [0.2, 0.25) is 5.02 Å². The standard InChI is InChI=1S/C22H18ClN3O3/c1-26(13-20-24-21(25-29-20)16-9-5-6-10-18(16)23)22(27)17-11-14-7-3-4-8-15(14)12-19(17)28-2/h3-12H,13H2,1-2H3. The number of hydrogen-bond donors (Lipinski definition) is 0. The lowest BCUT2D eigenvalue weighted by molar-refractivity contribution is 0.0766. The van der Waals surface area contributed by atoms with Crippen LogP contribution in [0.15, 0.2) is 65.2 Å². The van der Waals surface area contributed by atoms with Crippen LogP contribution < -0.4 is 4.74 Å². The number of rotatable bonds is 5. The van der Waals surface area contributed by atoms with Crippen molar-refractivity contribution in [2.24, 2.45) is 0 Å². The van der Waals surface area contributed by atoms with Crippen molar-refractivity contribution in [1.82, 2.24) is 15.0 Å². The van der Waals surface area contributed by atoms with E-state index in [-0.39, 0.29) is 12.5 Å². The van der Waals surface area contributed by atoms with Gasteiger partial charge in [0, 0.05) is 12.6 Å². The molecule has 0 saturated heterocycles. The monoisotopic (exact) mass is 407 g/mol. The Morgan fingerprint density at radius 3 is 2.52 bits per heavy atom. The predicted octanol–water partition coefficient (Wildman–Crippen LogP) is 4.82. The summed E-state index contributed by atoms with van der Waals surface area (Å²) in [6, 6.07) is 18.7. The molecule has 3 aromatic carbocycles. The number of halogens is 1. The maximum absolute atomic E-state index is 13.0. The van der Waals surface area contributed by atoms with E-state index in [1.807, 2.05) is 54.6 Å². The third-order valence-electron chi connectivity index (χ3n) is 4.60. The normalized spacial score (nSPS) is 10.9. The van der Waals surface area contributed by atoms with Gasteiger partial charge in [0.05, 0.1) is 17.7 Å². The van der Waals surface area contributed by atoms with E-state index in [1.165, 1.54) is 4.90 Å². The Labute approximate surface area is 172 Å². The molecular formula is C22H18ClN3O3. The summed E-state index contributed by atoms with van der Waals surface area (Å²) in [5, 5.41) is 6.47. The highest BCUT2D eigenvalue weighted by Gasteiger charge is 2.20. The SMILES string of the molecule is COc1cc2ccccc2cc1C(=O)N(C)Cc1nc(-c2ccccc2Cl)no1. The Balaban J connectivity index is 1.58. The number of fused-ring (bicyclic) bond motifs is 1. The second-order valence-corrected chi connectivity index (χ2v) is 6.96. The summed E-state index contributed by atoms with van der Waals surface area (Å²) in [6.07, 6.45) is 0. The molecule has 4 rings (SSSR count). The number of methoxy groups -OCH3 is 1. The van der Waals surface area contributed by atoms with Gasteiger partial charge in [0.15, 0.2) is 0 Å². The molecule has 1 heterocycles. The smallest absolute Gasteiger partial charge is 0.257 e. The van der Waals surface area contributed by atoms with Gasteiger partial charge >= 0.3 is 0 Å². The van der Waals surface area contributed by atoms with Crippen molar-refractivity contribution in [3.63, 3.8) is 0 Å². The third-order valence-corrected chi connectivity index (χ3v) is 4.93. The molecule has 0 bridgehead atoms. The topological polar surface area (TPSA) is 68.5 Å². The van der Waals surface area contributed by atoms with E-state index < -0.39 is 0 Å². The maximum Gasteiger partial charge on any atom is 0.257 e. The summed E-state index contributed by atoms with van der Waals surface area (Å²) < 4.78 is 10.7. The molecule has 0 radical (unpaired) electrons. The lowest BCUT2D eigenvalue weighted by Gasteiger charge is -2.17. The van der Waals surface area contributed by atoms with Crippen molar-refractivity contribution >= 4 is 28.3 Å². The molecule has 0 atom stereocenters. The number of nitrogens with zero attached hydrogens (tertiary/aromatic N) is 3. The van der Waals surface area contributed by atoms with Crippen LogP contribution in [0.25, 0.3) is 22.2 Å². The number of carbonyl (C=O) groups excluding carboxylic acids is 1. The first kappa shape index (κ1) is 19.0. The zero-order chi connectivity index (χ0) is 20.4. The van der Waals surface area contributed by atoms with Crippen LogP contribution in [0.4, 0.5) is 0 Å². The second kappa shape index (κ2) is 7.93. The van der Waals surface area contributed by atoms with E-state index in [4.69, 9.17) is 20.9 Å². The molecule has 0 saturated carbocycles. The van der Waals surface area contributed by atoms with Crippen molar-refractivity contribution in [2.75, 3.05) is 14.2 Å². The van der Waals surface area contributed by atoms with Gasteiger partial charge in [0.25, 0.3) is 5.91 Å². The molecule has 6 nitrogen and oxygen atoms in total. The minimum Gasteiger partial charge on any atom is -0.496 e. The van der Waals surface area contributed by atoms with Gasteiger partial charge in [-0.05, 0) is 35.0 Å². The Bertz CT molecular complexity index is 1190. The van der Waals surface area contributed by atoms with Crippen molar-refractivity contribution in [1.29, 1.82) is 0 Å². The van der Waals surface area contributed by atoms with Gasteiger partial charge in [-0.1, -0.05) is 53.2 Å². The Kier molecular flexibility index (Phi) is 5.18. The quantitative estimate of drug-likeness (QED) is 0.474. The molecule has 0 spiro atoms. The Morgan fingerprint density at radius 1 is 1.10 bits per heavy atom. The van der Waals surface area contributed by atoms with Crippen LogP contribution in [0.3, 0.4) is 0 Å². The molecule has 0 aliphatic carbocycles. The summed E-state index contributed by atoms with van der Waals surface area (Å²) in [5.41, 5.74) is 1.15. The molecule has 0 N–H and O–H groups in total. The first-order valence-corrected chi connectivity index (χ1v) is 9.34. The van der Waals surface area contributed by atoms with Crippen LogP contribution >= 0.6 is 11.6 Å². The summed E-state index contributed by atoms with van der Waals surface area (Å²) >= 11 is 6.19. The van der Waals surface area contributed by atoms with E-state index in [1.54, 1.807) is 20.2 Å². The summed E-state index contributed by atoms with van der Waals surface area (Å²) in [5.74, 6) is 1.01. The number of ether oxygens (including phenoxy) is 1. The molecule has 0 aliphatic heterocycles. The third kappa shape index (κ3) is 3.79. The van der Waals surface area contributed by atoms with Gasteiger partial charge in [-0.15, -0.1) is 0 Å². The molecule has 0 unspecified atom stereocenters. The largest absolute Gasteiger partial charge is 0.496 e. The maximum atomic E-state index is 13.0. The molecular weight excluding hydrogens is 390 g/mol. The highest BCUT2D eigenvalue weighted by atomic mass is 35.5. The average Bonchev–Trinajstić information content (AvgIpc) is 3.20. The molecule has 29 heavy (non-hydrogen) atoms. The summed E-state index contributed by atoms with van der Waals surface area (Å²) in [7, 11) is 3.23. The lowest BCUT2D eigenvalue weighted by Crippen LogP contribution is -2.26. The van der Waals surface area contributed by atoms with E-state index >= 15 is 0 Å². The predicted molar refractivity (Wildman–Crippen MR) is 111 cm³/mol. The minimum atomic E-state index is -0.204. The van der Waals surface area contributed by atoms with Gasteiger partial charge < -0.3 is 14.2 Å². The van der Waals surface area contributed by atoms with E-state index in [2.05, 4.69) is 10.1 Å². The Hall–Kier alpha value is -3.38. The Morgan fingerprint density at radius 2 is 1.79 bits per heavy atom. The summed E-state index contributed by atoms with van der Waals surface area (Å²) in [6.45, 7) is 0.159. The van der Waals surface area contributed by atoms with Crippen molar-refractivity contribution in [3.8, 4) is 17.1 Å². The minimum absolute atomic E-state index is 0.159. The molecule has 1 amide bonds. The van der Waals surface area contributed by atoms with Crippen molar-refractivity contribution in [3.05, 3.63) is 77.1 Å². The van der Waals surface area contributed by atoms with Crippen LogP contribution in [0, 0.1) is 0 Å².